The van der Waals surface area contributed by atoms with E-state index in [1.54, 1.807) is 11.3 Å². The highest BCUT2D eigenvalue weighted by Gasteiger charge is 2.23. The first-order valence-corrected chi connectivity index (χ1v) is 5.40. The van der Waals surface area contributed by atoms with Gasteiger partial charge in [-0.2, -0.15) is 0 Å². The fourth-order valence-corrected chi connectivity index (χ4v) is 1.82. The van der Waals surface area contributed by atoms with Crippen LogP contribution in [-0.2, 0) is 16.2 Å². The molecule has 6 heteroatoms. The largest absolute Gasteiger partial charge is 0.347 e. The van der Waals surface area contributed by atoms with Gasteiger partial charge in [-0.15, -0.1) is 11.3 Å². The van der Waals surface area contributed by atoms with Crippen LogP contribution in [0, 0.1) is 0 Å². The van der Waals surface area contributed by atoms with Crippen LogP contribution in [0.5, 0.6) is 0 Å². The number of hydroxylamine groups is 2. The lowest BCUT2D eigenvalue weighted by Crippen LogP contribution is -2.49. The fourth-order valence-electron chi connectivity index (χ4n) is 1.21. The van der Waals surface area contributed by atoms with E-state index in [0.29, 0.717) is 13.2 Å². The van der Waals surface area contributed by atoms with E-state index in [2.05, 4.69) is 5.32 Å². The van der Waals surface area contributed by atoms with Gasteiger partial charge < -0.3 is 0 Å². The van der Waals surface area contributed by atoms with Gasteiger partial charge in [0, 0.05) is 11.3 Å². The van der Waals surface area contributed by atoms with Gasteiger partial charge >= 0.3 is 6.03 Å². The molecule has 0 radical (unpaired) electrons. The van der Waals surface area contributed by atoms with Gasteiger partial charge in [0.15, 0.2) is 0 Å². The van der Waals surface area contributed by atoms with Gasteiger partial charge in [0.2, 0.25) is 5.91 Å². The Labute approximate surface area is 90.6 Å². The van der Waals surface area contributed by atoms with Crippen molar-refractivity contribution >= 4 is 23.3 Å². The van der Waals surface area contributed by atoms with Gasteiger partial charge in [-0.1, -0.05) is 6.07 Å². The molecule has 1 aliphatic heterocycles. The highest BCUT2D eigenvalue weighted by molar-refractivity contribution is 7.09. The Balaban J connectivity index is 1.85. The zero-order valence-corrected chi connectivity index (χ0v) is 8.75. The third-order valence-corrected chi connectivity index (χ3v) is 2.81. The summed E-state index contributed by atoms with van der Waals surface area (Å²) in [6, 6.07) is 3.36. The molecule has 1 aliphatic rings. The summed E-state index contributed by atoms with van der Waals surface area (Å²) >= 11 is 1.56. The zero-order chi connectivity index (χ0) is 10.7. The summed E-state index contributed by atoms with van der Waals surface area (Å²) in [5, 5.41) is 5.31. The standard InChI is InChI=1S/C9H10N2O3S/c12-8-3-4-11(9(13)10-8)14-6-7-2-1-5-15-7/h1-2,5H,3-4,6H2,(H,10,12,13). The van der Waals surface area contributed by atoms with Crippen LogP contribution in [-0.4, -0.2) is 23.5 Å². The maximum Gasteiger partial charge on any atom is 0.347 e. The van der Waals surface area contributed by atoms with Crippen molar-refractivity contribution in [1.29, 1.82) is 0 Å². The fraction of sp³-hybridized carbons (Fsp3) is 0.333. The lowest BCUT2D eigenvalue weighted by molar-refractivity contribution is -0.146. The Morgan fingerprint density at radius 1 is 1.53 bits per heavy atom. The van der Waals surface area contributed by atoms with E-state index in [-0.39, 0.29) is 12.3 Å². The molecule has 0 unspecified atom stereocenters. The van der Waals surface area contributed by atoms with E-state index in [0.717, 1.165) is 4.88 Å². The molecule has 3 amide bonds. The predicted octanol–water partition coefficient (Wildman–Crippen LogP) is 1.12. The highest BCUT2D eigenvalue weighted by atomic mass is 32.1. The topological polar surface area (TPSA) is 58.6 Å². The molecule has 1 N–H and O–H groups in total. The second kappa shape index (κ2) is 4.41. The Morgan fingerprint density at radius 3 is 3.07 bits per heavy atom. The molecule has 1 saturated heterocycles. The molecule has 1 aromatic heterocycles. The third-order valence-electron chi connectivity index (χ3n) is 1.96. The number of hydrogen-bond acceptors (Lipinski definition) is 4. The molecule has 0 aromatic carbocycles. The van der Waals surface area contributed by atoms with E-state index in [1.807, 2.05) is 17.5 Å². The number of carbonyl (C=O) groups excluding carboxylic acids is 2. The van der Waals surface area contributed by atoms with Gasteiger partial charge in [-0.05, 0) is 11.4 Å². The molecule has 80 valence electrons. The summed E-state index contributed by atoms with van der Waals surface area (Å²) in [5.74, 6) is -0.254. The molecular weight excluding hydrogens is 216 g/mol. The minimum Gasteiger partial charge on any atom is -0.276 e. The second-order valence-corrected chi connectivity index (χ2v) is 4.09. The van der Waals surface area contributed by atoms with Crippen molar-refractivity contribution in [3.63, 3.8) is 0 Å². The van der Waals surface area contributed by atoms with Crippen LogP contribution in [0.2, 0.25) is 0 Å². The van der Waals surface area contributed by atoms with Crippen LogP contribution in [0.15, 0.2) is 17.5 Å². The molecule has 15 heavy (non-hydrogen) atoms. The van der Waals surface area contributed by atoms with Crippen LogP contribution in [0.25, 0.3) is 0 Å². The van der Waals surface area contributed by atoms with Crippen molar-refractivity contribution in [3.8, 4) is 0 Å². The molecule has 2 heterocycles. The molecule has 2 rings (SSSR count). The summed E-state index contributed by atoms with van der Waals surface area (Å²) in [6.07, 6.45) is 0.288. The number of urea groups is 1. The second-order valence-electron chi connectivity index (χ2n) is 3.06. The van der Waals surface area contributed by atoms with Crippen LogP contribution in [0.3, 0.4) is 0 Å². The van der Waals surface area contributed by atoms with Crippen molar-refractivity contribution in [3.05, 3.63) is 22.4 Å². The Hall–Kier alpha value is -1.40. The van der Waals surface area contributed by atoms with Gasteiger partial charge in [0.1, 0.15) is 6.61 Å². The van der Waals surface area contributed by atoms with Crippen LogP contribution in [0.1, 0.15) is 11.3 Å². The molecule has 1 fully saturated rings. The maximum absolute atomic E-state index is 11.2. The lowest BCUT2D eigenvalue weighted by atomic mass is 10.3. The summed E-state index contributed by atoms with van der Waals surface area (Å²) < 4.78 is 0. The average molecular weight is 226 g/mol. The van der Waals surface area contributed by atoms with Crippen molar-refractivity contribution in [2.24, 2.45) is 0 Å². The summed E-state index contributed by atoms with van der Waals surface area (Å²) in [5.41, 5.74) is 0. The first kappa shape index (κ1) is 10.1. The monoisotopic (exact) mass is 226 g/mol. The lowest BCUT2D eigenvalue weighted by Gasteiger charge is -2.24. The SMILES string of the molecule is O=C1CCN(OCc2cccs2)C(=O)N1. The molecule has 0 aliphatic carbocycles. The highest BCUT2D eigenvalue weighted by Crippen LogP contribution is 2.11. The van der Waals surface area contributed by atoms with E-state index >= 15 is 0 Å². The van der Waals surface area contributed by atoms with Gasteiger partial charge in [0.05, 0.1) is 6.54 Å². The molecular formula is C9H10N2O3S. The van der Waals surface area contributed by atoms with Crippen molar-refractivity contribution in [2.75, 3.05) is 6.54 Å². The first-order chi connectivity index (χ1) is 7.25. The molecule has 5 nitrogen and oxygen atoms in total. The van der Waals surface area contributed by atoms with Crippen molar-refractivity contribution in [2.45, 2.75) is 13.0 Å². The summed E-state index contributed by atoms with van der Waals surface area (Å²) in [7, 11) is 0. The van der Waals surface area contributed by atoms with Crippen LogP contribution >= 0.6 is 11.3 Å². The Bertz CT molecular complexity index is 363. The van der Waals surface area contributed by atoms with Gasteiger partial charge in [0.25, 0.3) is 0 Å². The third kappa shape index (κ3) is 2.54. The Kier molecular flexibility index (Phi) is 2.98. The zero-order valence-electron chi connectivity index (χ0n) is 7.93. The number of carbonyl (C=O) groups is 2. The maximum atomic E-state index is 11.2. The van der Waals surface area contributed by atoms with Gasteiger partial charge in [-0.3, -0.25) is 14.9 Å². The number of imide groups is 1. The quantitative estimate of drug-likeness (QED) is 0.840. The van der Waals surface area contributed by atoms with Crippen molar-refractivity contribution in [1.82, 2.24) is 10.4 Å². The predicted molar refractivity (Wildman–Crippen MR) is 54.0 cm³/mol. The number of rotatable bonds is 3. The van der Waals surface area contributed by atoms with Crippen molar-refractivity contribution < 1.29 is 14.4 Å². The number of thiophene rings is 1. The normalized spacial score (nSPS) is 16.7. The van der Waals surface area contributed by atoms with E-state index in [1.165, 1.54) is 5.06 Å². The number of nitrogens with zero attached hydrogens (tertiary/aromatic N) is 1. The van der Waals surface area contributed by atoms with Gasteiger partial charge in [-0.25, -0.2) is 9.86 Å². The molecule has 0 saturated carbocycles. The number of nitrogens with one attached hydrogen (secondary N) is 1. The van der Waals surface area contributed by atoms with E-state index in [9.17, 15) is 9.59 Å². The van der Waals surface area contributed by atoms with Crippen LogP contribution < -0.4 is 5.32 Å². The minimum atomic E-state index is -0.484. The van der Waals surface area contributed by atoms with Crippen LogP contribution in [0.4, 0.5) is 4.79 Å². The van der Waals surface area contributed by atoms with E-state index in [4.69, 9.17) is 4.84 Å². The average Bonchev–Trinajstić information content (AvgIpc) is 2.69. The smallest absolute Gasteiger partial charge is 0.276 e. The molecule has 1 aromatic rings. The number of hydrogen-bond donors (Lipinski definition) is 1. The minimum absolute atomic E-state index is 0.254. The number of amides is 3. The Morgan fingerprint density at radius 2 is 2.40 bits per heavy atom. The molecule has 0 bridgehead atoms. The van der Waals surface area contributed by atoms with E-state index < -0.39 is 6.03 Å². The molecule has 0 spiro atoms. The summed E-state index contributed by atoms with van der Waals surface area (Å²) in [6.45, 7) is 0.676. The first-order valence-electron chi connectivity index (χ1n) is 4.52. The molecule has 0 atom stereocenters. The summed E-state index contributed by atoms with van der Waals surface area (Å²) in [4.78, 5) is 28.4.